The number of aromatic nitrogens is 1. The molecule has 4 aromatic rings. The molecule has 1 amide bonds. The molecule has 6 heteroatoms. The van der Waals surface area contributed by atoms with Crippen LogP contribution in [0.1, 0.15) is 28.8 Å². The molecule has 0 aliphatic heterocycles. The molecule has 0 unspecified atom stereocenters. The van der Waals surface area contributed by atoms with Crippen molar-refractivity contribution in [3.63, 3.8) is 0 Å². The molecule has 0 spiro atoms. The van der Waals surface area contributed by atoms with Gasteiger partial charge in [-0.05, 0) is 54.5 Å². The largest absolute Gasteiger partial charge is 0.465 e. The third kappa shape index (κ3) is 7.51. The minimum absolute atomic E-state index is 0.180. The summed E-state index contributed by atoms with van der Waals surface area (Å²) in [5, 5.41) is 21.6. The number of benzene rings is 3. The van der Waals surface area contributed by atoms with E-state index in [1.54, 1.807) is 0 Å². The van der Waals surface area contributed by atoms with E-state index in [0.29, 0.717) is 12.8 Å². The first-order valence-corrected chi connectivity index (χ1v) is 12.9. The molecular weight excluding hydrogens is 474 g/mol. The van der Waals surface area contributed by atoms with Crippen LogP contribution in [0, 0.1) is 6.92 Å². The molecule has 0 saturated heterocycles. The number of carboxylic acid groups (broad SMARTS) is 1. The highest BCUT2D eigenvalue weighted by molar-refractivity contribution is 5.66. The van der Waals surface area contributed by atoms with Crippen LogP contribution in [0.5, 0.6) is 0 Å². The second-order valence-electron chi connectivity index (χ2n) is 9.81. The quantitative estimate of drug-likeness (QED) is 0.249. The van der Waals surface area contributed by atoms with Gasteiger partial charge in [0, 0.05) is 30.0 Å². The Hall–Kier alpha value is -4.00. The molecule has 6 nitrogen and oxygen atoms in total. The molecule has 1 heterocycles. The fourth-order valence-electron chi connectivity index (χ4n) is 4.74. The van der Waals surface area contributed by atoms with Crippen molar-refractivity contribution in [3.8, 4) is 11.1 Å². The highest BCUT2D eigenvalue weighted by atomic mass is 16.4. The van der Waals surface area contributed by atoms with Crippen LogP contribution in [0.2, 0.25) is 0 Å². The van der Waals surface area contributed by atoms with Crippen molar-refractivity contribution in [1.82, 2.24) is 9.88 Å². The van der Waals surface area contributed by atoms with Crippen LogP contribution < -0.4 is 5.73 Å². The van der Waals surface area contributed by atoms with Gasteiger partial charge in [0.1, 0.15) is 0 Å². The normalized spacial score (nSPS) is 13.4. The fraction of sp³-hybridized carbons (Fsp3) is 0.250. The fourth-order valence-corrected chi connectivity index (χ4v) is 4.74. The van der Waals surface area contributed by atoms with Gasteiger partial charge >= 0.3 is 6.09 Å². The Balaban J connectivity index is 1.55. The molecule has 0 fully saturated rings. The molecule has 196 valence electrons. The summed E-state index contributed by atoms with van der Waals surface area (Å²) in [5.74, 6) is 0. The average Bonchev–Trinajstić information content (AvgIpc) is 2.92. The average molecular weight is 510 g/mol. The lowest BCUT2D eigenvalue weighted by Crippen LogP contribution is -2.49. The summed E-state index contributed by atoms with van der Waals surface area (Å²) in [7, 11) is 0. The molecule has 0 aliphatic carbocycles. The lowest BCUT2D eigenvalue weighted by Gasteiger charge is -2.34. The number of aryl methyl sites for hydroxylation is 1. The number of aliphatic hydroxyl groups excluding tert-OH is 1. The van der Waals surface area contributed by atoms with Gasteiger partial charge in [-0.2, -0.15) is 0 Å². The van der Waals surface area contributed by atoms with Gasteiger partial charge in [0.2, 0.25) is 0 Å². The number of nitrogens with two attached hydrogens (primary N) is 1. The van der Waals surface area contributed by atoms with Crippen LogP contribution in [0.4, 0.5) is 4.79 Å². The summed E-state index contributed by atoms with van der Waals surface area (Å²) < 4.78 is 0. The van der Waals surface area contributed by atoms with Crippen molar-refractivity contribution in [1.29, 1.82) is 0 Å². The van der Waals surface area contributed by atoms with Crippen molar-refractivity contribution in [2.75, 3.05) is 0 Å². The maximum Gasteiger partial charge on any atom is 0.407 e. The monoisotopic (exact) mass is 509 g/mol. The van der Waals surface area contributed by atoms with Gasteiger partial charge in [0.05, 0.1) is 12.1 Å². The number of hydrogen-bond acceptors (Lipinski definition) is 4. The molecular formula is C32H35N3O3. The summed E-state index contributed by atoms with van der Waals surface area (Å²) in [6, 6.07) is 30.4. The van der Waals surface area contributed by atoms with Gasteiger partial charge in [-0.1, -0.05) is 91.0 Å². The van der Waals surface area contributed by atoms with E-state index in [2.05, 4.69) is 4.98 Å². The minimum Gasteiger partial charge on any atom is -0.465 e. The number of hydrogen-bond donors (Lipinski definition) is 3. The van der Waals surface area contributed by atoms with Gasteiger partial charge in [0.25, 0.3) is 0 Å². The summed E-state index contributed by atoms with van der Waals surface area (Å²) in [4.78, 5) is 18.2. The number of nitrogens with zero attached hydrogens (tertiary/aromatic N) is 2. The molecule has 3 atom stereocenters. The number of carbonyl (C=O) groups is 1. The Morgan fingerprint density at radius 2 is 1.39 bits per heavy atom. The van der Waals surface area contributed by atoms with Crippen molar-refractivity contribution >= 4 is 6.09 Å². The van der Waals surface area contributed by atoms with Crippen LogP contribution in [-0.4, -0.2) is 44.4 Å². The lowest BCUT2D eigenvalue weighted by atomic mass is 9.92. The first-order chi connectivity index (χ1) is 18.4. The van der Waals surface area contributed by atoms with E-state index in [9.17, 15) is 15.0 Å². The molecule has 0 saturated carbocycles. The smallest absolute Gasteiger partial charge is 0.407 e. The lowest BCUT2D eigenvalue weighted by molar-refractivity contribution is 0.0362. The van der Waals surface area contributed by atoms with Crippen LogP contribution in [0.15, 0.2) is 103 Å². The highest BCUT2D eigenvalue weighted by Gasteiger charge is 2.31. The Kier molecular flexibility index (Phi) is 9.25. The molecule has 0 aliphatic rings. The van der Waals surface area contributed by atoms with Gasteiger partial charge in [0.15, 0.2) is 0 Å². The molecule has 3 aromatic carbocycles. The van der Waals surface area contributed by atoms with E-state index < -0.39 is 18.2 Å². The number of aliphatic hydroxyl groups is 1. The Morgan fingerprint density at radius 1 is 0.816 bits per heavy atom. The first kappa shape index (κ1) is 27.0. The van der Waals surface area contributed by atoms with Crippen molar-refractivity contribution in [2.45, 2.75) is 50.9 Å². The van der Waals surface area contributed by atoms with Crippen LogP contribution in [-0.2, 0) is 19.4 Å². The molecule has 4 N–H and O–H groups in total. The second-order valence-corrected chi connectivity index (χ2v) is 9.81. The zero-order chi connectivity index (χ0) is 26.9. The zero-order valence-corrected chi connectivity index (χ0v) is 21.6. The van der Waals surface area contributed by atoms with Gasteiger partial charge in [-0.15, -0.1) is 0 Å². The van der Waals surface area contributed by atoms with Crippen molar-refractivity contribution in [2.24, 2.45) is 5.73 Å². The van der Waals surface area contributed by atoms with Crippen LogP contribution in [0.3, 0.4) is 0 Å². The topological polar surface area (TPSA) is 99.7 Å². The zero-order valence-electron chi connectivity index (χ0n) is 21.6. The van der Waals surface area contributed by atoms with E-state index in [4.69, 9.17) is 5.73 Å². The van der Waals surface area contributed by atoms with E-state index in [1.165, 1.54) is 4.90 Å². The molecule has 4 rings (SSSR count). The van der Waals surface area contributed by atoms with Crippen LogP contribution >= 0.6 is 0 Å². The van der Waals surface area contributed by atoms with E-state index >= 15 is 0 Å². The van der Waals surface area contributed by atoms with Crippen LogP contribution in [0.25, 0.3) is 11.1 Å². The standard InChI is InChI=1S/C32H35N3O3/c1-23-12-15-28(21-34-23)27-16-13-25(14-17-27)19-30(35(32(37)38)22-26-10-6-3-7-11-26)31(36)20-29(33)18-24-8-4-2-5-9-24/h2-17,21,29-31,36H,18-20,22,33H2,1H3,(H,37,38)/t29-,30-,31-/m0/s1. The van der Waals surface area contributed by atoms with Gasteiger partial charge in [-0.25, -0.2) is 4.79 Å². The molecule has 1 aromatic heterocycles. The number of amides is 1. The SMILES string of the molecule is Cc1ccc(-c2ccc(C[C@@H]([C@@H](O)C[C@@H](N)Cc3ccccc3)N(Cc3ccccc3)C(=O)O)cc2)cn1. The molecule has 38 heavy (non-hydrogen) atoms. The summed E-state index contributed by atoms with van der Waals surface area (Å²) >= 11 is 0. The van der Waals surface area contributed by atoms with E-state index in [0.717, 1.165) is 33.5 Å². The summed E-state index contributed by atoms with van der Waals surface area (Å²) in [6.07, 6.45) is 1.09. The predicted molar refractivity (Wildman–Crippen MR) is 151 cm³/mol. The Bertz CT molecular complexity index is 1280. The van der Waals surface area contributed by atoms with Crippen molar-refractivity contribution < 1.29 is 15.0 Å². The summed E-state index contributed by atoms with van der Waals surface area (Å²) in [5.41, 5.74) is 12.3. The maximum atomic E-state index is 12.5. The molecule has 0 radical (unpaired) electrons. The molecule has 0 bridgehead atoms. The third-order valence-corrected chi connectivity index (χ3v) is 6.81. The van der Waals surface area contributed by atoms with Gasteiger partial charge < -0.3 is 15.9 Å². The number of pyridine rings is 1. The highest BCUT2D eigenvalue weighted by Crippen LogP contribution is 2.23. The predicted octanol–water partition coefficient (Wildman–Crippen LogP) is 5.47. The van der Waals surface area contributed by atoms with Gasteiger partial charge in [-0.3, -0.25) is 9.88 Å². The third-order valence-electron chi connectivity index (χ3n) is 6.81. The van der Waals surface area contributed by atoms with E-state index in [1.807, 2.05) is 110 Å². The second kappa shape index (κ2) is 13.0. The van der Waals surface area contributed by atoms with E-state index in [-0.39, 0.29) is 19.0 Å². The maximum absolute atomic E-state index is 12.5. The first-order valence-electron chi connectivity index (χ1n) is 12.9. The Morgan fingerprint density at radius 3 is 1.97 bits per heavy atom. The van der Waals surface area contributed by atoms with Crippen molar-refractivity contribution in [3.05, 3.63) is 126 Å². The summed E-state index contributed by atoms with van der Waals surface area (Å²) in [6.45, 7) is 2.13. The Labute approximate surface area is 224 Å². The minimum atomic E-state index is -1.07. The number of rotatable bonds is 11.